The van der Waals surface area contributed by atoms with E-state index in [9.17, 15) is 18.0 Å². The van der Waals surface area contributed by atoms with Gasteiger partial charge in [-0.3, -0.25) is 4.79 Å². The Bertz CT molecular complexity index is 1110. The largest absolute Gasteiger partial charge is 0.573 e. The minimum atomic E-state index is -4.75. The van der Waals surface area contributed by atoms with E-state index >= 15 is 0 Å². The Kier molecular flexibility index (Phi) is 7.01. The molecule has 33 heavy (non-hydrogen) atoms. The van der Waals surface area contributed by atoms with Gasteiger partial charge in [0.1, 0.15) is 17.2 Å². The van der Waals surface area contributed by atoms with Gasteiger partial charge in [-0.1, -0.05) is 57.2 Å². The smallest absolute Gasteiger partial charge is 0.481 e. The lowest BCUT2D eigenvalue weighted by Crippen LogP contribution is -2.16. The van der Waals surface area contributed by atoms with Crippen molar-refractivity contribution in [2.24, 2.45) is 0 Å². The number of carbonyl (C=O) groups is 1. The molecule has 0 heterocycles. The molecular weight excluding hydrogens is 433 g/mol. The summed E-state index contributed by atoms with van der Waals surface area (Å²) < 4.78 is 47.4. The average molecular weight is 458 g/mol. The third-order valence-corrected chi connectivity index (χ3v) is 5.02. The van der Waals surface area contributed by atoms with E-state index in [-0.39, 0.29) is 24.0 Å². The first-order chi connectivity index (χ1) is 15.4. The van der Waals surface area contributed by atoms with Gasteiger partial charge in [-0.2, -0.15) is 0 Å². The molecule has 0 amide bonds. The van der Waals surface area contributed by atoms with Crippen LogP contribution in [-0.2, 0) is 16.6 Å². The Morgan fingerprint density at radius 1 is 0.879 bits per heavy atom. The molecule has 4 nitrogen and oxygen atoms in total. The molecule has 0 bridgehead atoms. The average Bonchev–Trinajstić information content (AvgIpc) is 2.72. The van der Waals surface area contributed by atoms with Crippen LogP contribution in [0.3, 0.4) is 0 Å². The molecule has 0 unspecified atom stereocenters. The lowest BCUT2D eigenvalue weighted by Gasteiger charge is -2.20. The number of carboxylic acid groups (broad SMARTS) is 1. The number of alkyl halides is 3. The van der Waals surface area contributed by atoms with E-state index in [2.05, 4.69) is 25.5 Å². The molecule has 0 atom stereocenters. The summed E-state index contributed by atoms with van der Waals surface area (Å²) in [6.07, 6.45) is -4.53. The second-order valence-corrected chi connectivity index (χ2v) is 8.67. The van der Waals surface area contributed by atoms with Crippen LogP contribution >= 0.6 is 0 Å². The van der Waals surface area contributed by atoms with Gasteiger partial charge in [0.2, 0.25) is 0 Å². The van der Waals surface area contributed by atoms with Crippen molar-refractivity contribution in [2.75, 3.05) is 0 Å². The second-order valence-electron chi connectivity index (χ2n) is 8.67. The number of benzene rings is 3. The summed E-state index contributed by atoms with van der Waals surface area (Å²) in [5, 5.41) is 9.09. The van der Waals surface area contributed by atoms with Gasteiger partial charge in [-0.25, -0.2) is 0 Å². The van der Waals surface area contributed by atoms with E-state index in [0.717, 1.165) is 16.7 Å². The molecule has 174 valence electrons. The Balaban J connectivity index is 1.93. The molecule has 0 aliphatic rings. The number of halogens is 3. The first-order valence-corrected chi connectivity index (χ1v) is 10.4. The van der Waals surface area contributed by atoms with Crippen LogP contribution in [0, 0.1) is 0 Å². The normalized spacial score (nSPS) is 11.8. The molecule has 3 aromatic rings. The van der Waals surface area contributed by atoms with Gasteiger partial charge in [0.05, 0.1) is 0 Å². The second kappa shape index (κ2) is 9.57. The fraction of sp³-hybridized carbons (Fsp3) is 0.269. The van der Waals surface area contributed by atoms with Crippen LogP contribution in [0.1, 0.15) is 38.3 Å². The van der Waals surface area contributed by atoms with Crippen molar-refractivity contribution >= 4 is 5.97 Å². The zero-order valence-electron chi connectivity index (χ0n) is 18.6. The number of aliphatic carboxylic acids is 1. The molecule has 3 rings (SSSR count). The standard InChI is InChI=1S/C26H25F3O4/c1-25(2,3)20-5-4-6-22(16-20)32-23-15-19(8-7-18(23)11-14-24(30)31)17-9-12-21(13-10-17)33-26(27,28)29/h4-10,12-13,15-16H,11,14H2,1-3H3,(H,30,31). The van der Waals surface area contributed by atoms with Crippen LogP contribution in [-0.4, -0.2) is 17.4 Å². The fourth-order valence-electron chi connectivity index (χ4n) is 3.28. The highest BCUT2D eigenvalue weighted by atomic mass is 19.4. The molecule has 0 aliphatic heterocycles. The van der Waals surface area contributed by atoms with E-state index in [4.69, 9.17) is 9.84 Å². The van der Waals surface area contributed by atoms with Crippen molar-refractivity contribution in [3.05, 3.63) is 77.9 Å². The van der Waals surface area contributed by atoms with Gasteiger partial charge in [0.25, 0.3) is 0 Å². The monoisotopic (exact) mass is 458 g/mol. The SMILES string of the molecule is CC(C)(C)c1cccc(Oc2cc(-c3ccc(OC(F)(F)F)cc3)ccc2CCC(=O)O)c1. The highest BCUT2D eigenvalue weighted by Crippen LogP contribution is 2.34. The minimum absolute atomic E-state index is 0.0543. The third-order valence-electron chi connectivity index (χ3n) is 5.02. The molecule has 0 aliphatic carbocycles. The van der Waals surface area contributed by atoms with E-state index in [1.165, 1.54) is 24.3 Å². The van der Waals surface area contributed by atoms with E-state index in [0.29, 0.717) is 17.1 Å². The maximum absolute atomic E-state index is 12.4. The summed E-state index contributed by atoms with van der Waals surface area (Å²) in [5.41, 5.74) is 3.12. The van der Waals surface area contributed by atoms with Gasteiger partial charge >= 0.3 is 12.3 Å². The molecule has 0 spiro atoms. The van der Waals surface area contributed by atoms with Crippen molar-refractivity contribution in [3.63, 3.8) is 0 Å². The third kappa shape index (κ3) is 7.00. The molecule has 0 radical (unpaired) electrons. The van der Waals surface area contributed by atoms with Crippen molar-refractivity contribution in [3.8, 4) is 28.4 Å². The lowest BCUT2D eigenvalue weighted by atomic mass is 9.87. The lowest BCUT2D eigenvalue weighted by molar-refractivity contribution is -0.274. The van der Waals surface area contributed by atoms with Crippen molar-refractivity contribution in [2.45, 2.75) is 45.4 Å². The van der Waals surface area contributed by atoms with Crippen molar-refractivity contribution < 1.29 is 32.5 Å². The molecule has 3 aromatic carbocycles. The summed E-state index contributed by atoms with van der Waals surface area (Å²) in [6.45, 7) is 6.28. The summed E-state index contributed by atoms with van der Waals surface area (Å²) in [6, 6.07) is 18.5. The quantitative estimate of drug-likeness (QED) is 0.402. The van der Waals surface area contributed by atoms with E-state index in [1.807, 2.05) is 24.3 Å². The zero-order chi connectivity index (χ0) is 24.2. The summed E-state index contributed by atoms with van der Waals surface area (Å²) in [7, 11) is 0. The Labute approximate surface area is 190 Å². The van der Waals surface area contributed by atoms with Gasteiger partial charge in [-0.15, -0.1) is 13.2 Å². The number of hydrogen-bond donors (Lipinski definition) is 1. The zero-order valence-corrected chi connectivity index (χ0v) is 18.6. The van der Waals surface area contributed by atoms with Gasteiger partial charge < -0.3 is 14.6 Å². The summed E-state index contributed by atoms with van der Waals surface area (Å²) in [5.74, 6) is -0.111. The van der Waals surface area contributed by atoms with Crippen molar-refractivity contribution in [1.29, 1.82) is 0 Å². The molecule has 7 heteroatoms. The Morgan fingerprint density at radius 3 is 2.15 bits per heavy atom. The van der Waals surface area contributed by atoms with Gasteiger partial charge in [0, 0.05) is 6.42 Å². The van der Waals surface area contributed by atoms with E-state index in [1.54, 1.807) is 18.2 Å². The van der Waals surface area contributed by atoms with Crippen LogP contribution in [0.25, 0.3) is 11.1 Å². The summed E-state index contributed by atoms with van der Waals surface area (Å²) >= 11 is 0. The number of carboxylic acids is 1. The van der Waals surface area contributed by atoms with Gasteiger partial charge in [0.15, 0.2) is 0 Å². The highest BCUT2D eigenvalue weighted by molar-refractivity contribution is 5.69. The first kappa shape index (κ1) is 24.2. The molecule has 1 N–H and O–H groups in total. The van der Waals surface area contributed by atoms with E-state index < -0.39 is 12.3 Å². The Morgan fingerprint density at radius 2 is 1.55 bits per heavy atom. The van der Waals surface area contributed by atoms with Crippen LogP contribution in [0.5, 0.6) is 17.2 Å². The topological polar surface area (TPSA) is 55.8 Å². The molecule has 0 aromatic heterocycles. The maximum atomic E-state index is 12.4. The molecular formula is C26H25F3O4. The fourth-order valence-corrected chi connectivity index (χ4v) is 3.28. The predicted octanol–water partition coefficient (Wildman–Crippen LogP) is 7.36. The van der Waals surface area contributed by atoms with Crippen molar-refractivity contribution in [1.82, 2.24) is 0 Å². The van der Waals surface area contributed by atoms with Crippen LogP contribution in [0.15, 0.2) is 66.7 Å². The Hall–Kier alpha value is -3.48. The maximum Gasteiger partial charge on any atom is 0.573 e. The molecule has 0 saturated carbocycles. The number of rotatable bonds is 7. The van der Waals surface area contributed by atoms with Crippen LogP contribution < -0.4 is 9.47 Å². The van der Waals surface area contributed by atoms with Gasteiger partial charge in [-0.05, 0) is 64.4 Å². The number of aryl methyl sites for hydroxylation is 1. The number of hydrogen-bond acceptors (Lipinski definition) is 3. The predicted molar refractivity (Wildman–Crippen MR) is 120 cm³/mol. The van der Waals surface area contributed by atoms with Crippen LogP contribution in [0.2, 0.25) is 0 Å². The molecule has 0 fully saturated rings. The first-order valence-electron chi connectivity index (χ1n) is 10.4. The van der Waals surface area contributed by atoms with Crippen LogP contribution in [0.4, 0.5) is 13.2 Å². The summed E-state index contributed by atoms with van der Waals surface area (Å²) in [4.78, 5) is 11.1. The molecule has 0 saturated heterocycles. The minimum Gasteiger partial charge on any atom is -0.481 e. The highest BCUT2D eigenvalue weighted by Gasteiger charge is 2.31. The number of ether oxygens (including phenoxy) is 2.